The molecule has 0 fully saturated rings. The molecule has 0 saturated heterocycles. The van der Waals surface area contributed by atoms with Gasteiger partial charge in [-0.25, -0.2) is 4.57 Å². The zero-order valence-corrected chi connectivity index (χ0v) is 6.40. The largest absolute Gasteiger partial charge is 0.0538 e. The monoisotopic (exact) mass is 222 g/mol. The summed E-state index contributed by atoms with van der Waals surface area (Å²) in [5.41, 5.74) is 2.85. The molecule has 2 aliphatic carbocycles. The molecule has 3 N–H and O–H groups in total. The molecule has 0 radical (unpaired) electrons. The van der Waals surface area contributed by atoms with Gasteiger partial charge in [0.15, 0.2) is 0 Å². The predicted octanol–water partition coefficient (Wildman–Crippen LogP) is -0.559. The number of hydrogen-bond acceptors (Lipinski definition) is 1. The zero-order chi connectivity index (χ0) is 8.48. The number of phosphoric acid groups is 1. The number of rotatable bonds is 0. The Balaban J connectivity index is 0. The van der Waals surface area contributed by atoms with Crippen LogP contribution in [0.15, 0.2) is 24.3 Å². The molecular formula is C6H9Na2O4P. The molecule has 64 valence electrons. The van der Waals surface area contributed by atoms with Gasteiger partial charge in [0, 0.05) is 0 Å². The van der Waals surface area contributed by atoms with Crippen molar-refractivity contribution in [1.82, 2.24) is 0 Å². The summed E-state index contributed by atoms with van der Waals surface area (Å²) < 4.78 is 8.88. The Morgan fingerprint density at radius 2 is 1.00 bits per heavy atom. The molecule has 0 bridgehead atoms. The van der Waals surface area contributed by atoms with Crippen LogP contribution in [-0.2, 0) is 4.57 Å². The van der Waals surface area contributed by atoms with Crippen molar-refractivity contribution in [2.45, 2.75) is 0 Å². The van der Waals surface area contributed by atoms with E-state index in [9.17, 15) is 0 Å². The average molecular weight is 222 g/mol. The second-order valence-corrected chi connectivity index (χ2v) is 3.12. The van der Waals surface area contributed by atoms with Crippen molar-refractivity contribution in [3.63, 3.8) is 0 Å². The van der Waals surface area contributed by atoms with E-state index >= 15 is 0 Å². The Hall–Kier alpha value is 1.33. The standard InChI is InChI=1S/C6H4.2Na.H3O4P.2H/c1-2-6-4-3-5(1)6;;;1-5(2,3)4;;/h1-4H;;;(H3,1,2,3,4);;. The topological polar surface area (TPSA) is 77.8 Å². The van der Waals surface area contributed by atoms with Crippen molar-refractivity contribution in [3.05, 3.63) is 24.3 Å². The van der Waals surface area contributed by atoms with E-state index in [1.54, 1.807) is 0 Å². The van der Waals surface area contributed by atoms with Gasteiger partial charge in [0.2, 0.25) is 0 Å². The van der Waals surface area contributed by atoms with Crippen molar-refractivity contribution in [3.8, 4) is 11.1 Å². The molecule has 0 aromatic carbocycles. The van der Waals surface area contributed by atoms with E-state index in [1.165, 1.54) is 11.1 Å². The van der Waals surface area contributed by atoms with Gasteiger partial charge in [0.1, 0.15) is 0 Å². The first-order chi connectivity index (χ1) is 4.97. The van der Waals surface area contributed by atoms with E-state index in [2.05, 4.69) is 24.3 Å². The van der Waals surface area contributed by atoms with Crippen LogP contribution in [0.5, 0.6) is 0 Å². The Kier molecular flexibility index (Phi) is 8.69. The second kappa shape index (κ2) is 6.75. The molecule has 0 aromatic rings. The molecule has 0 aromatic heterocycles. The van der Waals surface area contributed by atoms with Crippen LogP contribution >= 0.6 is 7.82 Å². The summed E-state index contributed by atoms with van der Waals surface area (Å²) in [6.07, 6.45) is 0. The number of fused-ring (bicyclic) bond motifs is 1. The second-order valence-electron chi connectivity index (χ2n) is 2.09. The Morgan fingerprint density at radius 1 is 0.846 bits per heavy atom. The van der Waals surface area contributed by atoms with Crippen LogP contribution in [0.3, 0.4) is 0 Å². The molecule has 2 rings (SSSR count). The van der Waals surface area contributed by atoms with Gasteiger partial charge in [-0.15, -0.1) is 0 Å². The zero-order valence-electron chi connectivity index (χ0n) is 5.51. The summed E-state index contributed by atoms with van der Waals surface area (Å²) >= 11 is 0. The van der Waals surface area contributed by atoms with Gasteiger partial charge in [-0.1, -0.05) is 24.3 Å². The van der Waals surface area contributed by atoms with Crippen molar-refractivity contribution < 1.29 is 19.2 Å². The SMILES string of the molecule is O=P(O)(O)O.[NaH].[NaH].c1cc2ccc1-2. The summed E-state index contributed by atoms with van der Waals surface area (Å²) in [4.78, 5) is 21.6. The van der Waals surface area contributed by atoms with Gasteiger partial charge in [0.05, 0.1) is 0 Å². The summed E-state index contributed by atoms with van der Waals surface area (Å²) in [7, 11) is -4.64. The minimum Gasteiger partial charge on any atom is -0.0538 e. The minimum atomic E-state index is -4.64. The Bertz CT molecular complexity index is 265. The van der Waals surface area contributed by atoms with E-state index in [4.69, 9.17) is 19.2 Å². The molecule has 0 aliphatic heterocycles. The third kappa shape index (κ3) is 7.28. The Morgan fingerprint density at radius 3 is 1.00 bits per heavy atom. The summed E-state index contributed by atoms with van der Waals surface area (Å²) in [5.74, 6) is 0. The smallest absolute Gasteiger partial charge is 0.0184 e. The molecule has 4 nitrogen and oxygen atoms in total. The van der Waals surface area contributed by atoms with Gasteiger partial charge in [0.25, 0.3) is 0 Å². The summed E-state index contributed by atoms with van der Waals surface area (Å²) in [6.45, 7) is 0. The van der Waals surface area contributed by atoms with Crippen LogP contribution in [0.1, 0.15) is 0 Å². The normalized spacial score (nSPS) is 9.77. The molecule has 2 aliphatic rings. The first-order valence-electron chi connectivity index (χ1n) is 2.85. The van der Waals surface area contributed by atoms with Crippen LogP contribution in [0.4, 0.5) is 0 Å². The van der Waals surface area contributed by atoms with E-state index in [-0.39, 0.29) is 59.1 Å². The number of hydrogen-bond donors (Lipinski definition) is 3. The molecule has 7 heteroatoms. The van der Waals surface area contributed by atoms with Crippen LogP contribution < -0.4 is 0 Å². The third-order valence-corrected chi connectivity index (χ3v) is 1.22. The molecule has 0 atom stereocenters. The quantitative estimate of drug-likeness (QED) is 0.412. The fourth-order valence-electron chi connectivity index (χ4n) is 0.663. The van der Waals surface area contributed by atoms with E-state index in [1.807, 2.05) is 0 Å². The van der Waals surface area contributed by atoms with E-state index < -0.39 is 7.82 Å². The van der Waals surface area contributed by atoms with Crippen molar-refractivity contribution in [2.75, 3.05) is 0 Å². The van der Waals surface area contributed by atoms with Gasteiger partial charge in [-0.2, -0.15) is 0 Å². The minimum absolute atomic E-state index is 0. The van der Waals surface area contributed by atoms with Crippen molar-refractivity contribution >= 4 is 66.9 Å². The van der Waals surface area contributed by atoms with Crippen LogP contribution in [0, 0.1) is 0 Å². The van der Waals surface area contributed by atoms with Crippen molar-refractivity contribution in [2.24, 2.45) is 0 Å². The molecule has 13 heavy (non-hydrogen) atoms. The molecule has 0 amide bonds. The average Bonchev–Trinajstić information content (AvgIpc) is 1.74. The molecule has 0 saturated carbocycles. The maximum atomic E-state index is 8.88. The fraction of sp³-hybridized carbons (Fsp3) is 0. The molecule has 0 spiro atoms. The van der Waals surface area contributed by atoms with Gasteiger partial charge < -0.3 is 14.7 Å². The summed E-state index contributed by atoms with van der Waals surface area (Å²) in [5, 5.41) is 0. The first-order valence-corrected chi connectivity index (χ1v) is 4.42. The first kappa shape index (κ1) is 16.7. The van der Waals surface area contributed by atoms with E-state index in [0.29, 0.717) is 0 Å². The van der Waals surface area contributed by atoms with Gasteiger partial charge >= 0.3 is 66.9 Å². The molecule has 0 heterocycles. The third-order valence-electron chi connectivity index (χ3n) is 1.22. The summed E-state index contributed by atoms with van der Waals surface area (Å²) in [6, 6.07) is 8.48. The van der Waals surface area contributed by atoms with E-state index in [0.717, 1.165) is 0 Å². The number of benzene rings is 1. The van der Waals surface area contributed by atoms with Crippen LogP contribution in [0.2, 0.25) is 0 Å². The van der Waals surface area contributed by atoms with Crippen LogP contribution in [0.25, 0.3) is 11.1 Å². The Labute approximate surface area is 120 Å². The van der Waals surface area contributed by atoms with Gasteiger partial charge in [-0.05, 0) is 11.1 Å². The van der Waals surface area contributed by atoms with Gasteiger partial charge in [-0.3, -0.25) is 0 Å². The maximum absolute atomic E-state index is 8.88. The molecular weight excluding hydrogens is 213 g/mol. The fourth-order valence-corrected chi connectivity index (χ4v) is 0.663. The predicted molar refractivity (Wildman–Crippen MR) is 54.0 cm³/mol. The molecule has 0 unspecified atom stereocenters. The van der Waals surface area contributed by atoms with Crippen LogP contribution in [-0.4, -0.2) is 73.8 Å². The van der Waals surface area contributed by atoms with Crippen molar-refractivity contribution in [1.29, 1.82) is 0 Å². The maximum Gasteiger partial charge on any atom is -0.0184 e.